The molecule has 1 unspecified atom stereocenters. The fourth-order valence-electron chi connectivity index (χ4n) is 4.64. The first kappa shape index (κ1) is 21.5. The van der Waals surface area contributed by atoms with Gasteiger partial charge in [-0.15, -0.1) is 12.4 Å². The van der Waals surface area contributed by atoms with Crippen molar-refractivity contribution < 1.29 is 23.8 Å². The Morgan fingerprint density at radius 3 is 2.10 bits per heavy atom. The summed E-state index contributed by atoms with van der Waals surface area (Å²) in [5.41, 5.74) is 0.650. The van der Waals surface area contributed by atoms with Crippen LogP contribution in [-0.4, -0.2) is 70.8 Å². The van der Waals surface area contributed by atoms with Gasteiger partial charge in [0.05, 0.1) is 32.9 Å². The Morgan fingerprint density at radius 2 is 1.59 bits per heavy atom. The molecule has 0 radical (unpaired) electrons. The smallest absolute Gasteiger partial charge is 0.228 e. The number of nitrogens with zero attached hydrogens (tertiary/aromatic N) is 2. The lowest BCUT2D eigenvalue weighted by Gasteiger charge is -2.23. The Labute approximate surface area is 176 Å². The Morgan fingerprint density at radius 1 is 1.00 bits per heavy atom. The van der Waals surface area contributed by atoms with Gasteiger partial charge in [-0.1, -0.05) is 0 Å². The summed E-state index contributed by atoms with van der Waals surface area (Å²) in [6, 6.07) is 3.50. The summed E-state index contributed by atoms with van der Waals surface area (Å²) in [6.07, 6.45) is 0.236. The van der Waals surface area contributed by atoms with E-state index < -0.39 is 0 Å². The highest BCUT2D eigenvalue weighted by atomic mass is 35.5. The van der Waals surface area contributed by atoms with Crippen LogP contribution < -0.4 is 24.4 Å². The fraction of sp³-hybridized carbons (Fsp3) is 0.600. The van der Waals surface area contributed by atoms with Crippen molar-refractivity contribution in [3.8, 4) is 17.2 Å². The number of carbonyl (C=O) groups is 2. The van der Waals surface area contributed by atoms with Crippen LogP contribution in [0, 0.1) is 17.8 Å². The average molecular weight is 426 g/mol. The number of hydrogen-bond acceptors (Lipinski definition) is 6. The van der Waals surface area contributed by atoms with Crippen LogP contribution in [0.2, 0.25) is 0 Å². The quantitative estimate of drug-likeness (QED) is 0.762. The third kappa shape index (κ3) is 3.83. The van der Waals surface area contributed by atoms with Gasteiger partial charge in [-0.2, -0.15) is 0 Å². The van der Waals surface area contributed by atoms with Crippen LogP contribution >= 0.6 is 12.4 Å². The third-order valence-electron chi connectivity index (χ3n) is 6.14. The van der Waals surface area contributed by atoms with Crippen molar-refractivity contribution >= 4 is 29.9 Å². The standard InChI is InChI=1S/C20H27N3O5.ClH/c1-26-16-5-15(6-17(27-2)19(16)28-3)23-11-12(4-18(23)24)20(25)22-9-13-7-21-8-14(13)10-22;/h5-6,12-14,21H,4,7-11H2,1-3H3;1H/t12?,13-,14+;. The minimum atomic E-state index is -0.307. The molecule has 160 valence electrons. The van der Waals surface area contributed by atoms with Gasteiger partial charge >= 0.3 is 0 Å². The Kier molecular flexibility index (Phi) is 6.43. The maximum Gasteiger partial charge on any atom is 0.228 e. The maximum absolute atomic E-state index is 13.0. The lowest BCUT2D eigenvalue weighted by molar-refractivity contribution is -0.135. The monoisotopic (exact) mass is 425 g/mol. The summed E-state index contributed by atoms with van der Waals surface area (Å²) in [5.74, 6) is 2.27. The second-order valence-corrected chi connectivity index (χ2v) is 7.71. The number of fused-ring (bicyclic) bond motifs is 1. The van der Waals surface area contributed by atoms with Crippen molar-refractivity contribution in [3.05, 3.63) is 12.1 Å². The van der Waals surface area contributed by atoms with Crippen LogP contribution in [0.25, 0.3) is 0 Å². The third-order valence-corrected chi connectivity index (χ3v) is 6.14. The Balaban J connectivity index is 0.00000240. The number of carbonyl (C=O) groups excluding carboxylic acids is 2. The molecule has 3 saturated heterocycles. The molecule has 4 rings (SSSR count). The van der Waals surface area contributed by atoms with Gasteiger partial charge in [-0.25, -0.2) is 0 Å². The number of methoxy groups -OCH3 is 3. The first-order chi connectivity index (χ1) is 13.5. The van der Waals surface area contributed by atoms with E-state index in [4.69, 9.17) is 14.2 Å². The predicted molar refractivity (Wildman–Crippen MR) is 110 cm³/mol. The molecule has 0 aliphatic carbocycles. The molecule has 3 aliphatic heterocycles. The molecular weight excluding hydrogens is 398 g/mol. The molecule has 29 heavy (non-hydrogen) atoms. The molecular formula is C20H28ClN3O5. The van der Waals surface area contributed by atoms with Crippen LogP contribution in [0.15, 0.2) is 12.1 Å². The van der Waals surface area contributed by atoms with Crippen molar-refractivity contribution in [2.24, 2.45) is 17.8 Å². The van der Waals surface area contributed by atoms with Crippen LogP contribution in [0.1, 0.15) is 6.42 Å². The van der Waals surface area contributed by atoms with Gasteiger partial charge in [0.15, 0.2) is 11.5 Å². The molecule has 1 N–H and O–H groups in total. The van der Waals surface area contributed by atoms with E-state index >= 15 is 0 Å². The number of ether oxygens (including phenoxy) is 3. The summed E-state index contributed by atoms with van der Waals surface area (Å²) in [5, 5.41) is 3.39. The van der Waals surface area contributed by atoms with E-state index in [1.165, 1.54) is 21.3 Å². The molecule has 0 saturated carbocycles. The molecule has 8 nitrogen and oxygen atoms in total. The first-order valence-corrected chi connectivity index (χ1v) is 9.65. The Hall–Kier alpha value is -2.19. The predicted octanol–water partition coefficient (Wildman–Crippen LogP) is 1.16. The SMILES string of the molecule is COc1cc(N2CC(C(=O)N3C[C@H]4CNC[C@H]4C3)CC2=O)cc(OC)c1OC.Cl. The van der Waals surface area contributed by atoms with Gasteiger partial charge in [-0.3, -0.25) is 9.59 Å². The van der Waals surface area contributed by atoms with E-state index in [2.05, 4.69) is 5.32 Å². The molecule has 1 aromatic carbocycles. The van der Waals surface area contributed by atoms with Gasteiger partial charge < -0.3 is 29.3 Å². The van der Waals surface area contributed by atoms with Gasteiger partial charge in [-0.05, 0) is 11.8 Å². The zero-order chi connectivity index (χ0) is 19.8. The van der Waals surface area contributed by atoms with Crippen LogP contribution in [0.4, 0.5) is 5.69 Å². The van der Waals surface area contributed by atoms with E-state index in [0.717, 1.165) is 26.2 Å². The zero-order valence-corrected chi connectivity index (χ0v) is 17.8. The van der Waals surface area contributed by atoms with E-state index in [1.54, 1.807) is 17.0 Å². The van der Waals surface area contributed by atoms with Crippen LogP contribution in [-0.2, 0) is 9.59 Å². The highest BCUT2D eigenvalue weighted by molar-refractivity contribution is 6.00. The van der Waals surface area contributed by atoms with Gasteiger partial charge in [0.25, 0.3) is 0 Å². The molecule has 0 bridgehead atoms. The van der Waals surface area contributed by atoms with Crippen molar-refractivity contribution in [2.75, 3.05) is 59.0 Å². The highest BCUT2D eigenvalue weighted by Crippen LogP contribution is 2.42. The van der Waals surface area contributed by atoms with Crippen LogP contribution in [0.5, 0.6) is 17.2 Å². The minimum absolute atomic E-state index is 0. The van der Waals surface area contributed by atoms with Crippen molar-refractivity contribution in [1.82, 2.24) is 10.2 Å². The summed E-state index contributed by atoms with van der Waals surface area (Å²) in [4.78, 5) is 29.3. The number of nitrogens with one attached hydrogen (secondary N) is 1. The number of rotatable bonds is 5. The van der Waals surface area contributed by atoms with Crippen molar-refractivity contribution in [3.63, 3.8) is 0 Å². The van der Waals surface area contributed by atoms with Gasteiger partial charge in [0.2, 0.25) is 17.6 Å². The molecule has 2 amide bonds. The summed E-state index contributed by atoms with van der Waals surface area (Å²) >= 11 is 0. The second-order valence-electron chi connectivity index (χ2n) is 7.71. The second kappa shape index (κ2) is 8.67. The molecule has 9 heteroatoms. The molecule has 3 atom stereocenters. The van der Waals surface area contributed by atoms with Gasteiger partial charge in [0, 0.05) is 51.3 Å². The molecule has 0 spiro atoms. The lowest BCUT2D eigenvalue weighted by atomic mass is 10.0. The number of amides is 2. The average Bonchev–Trinajstić information content (AvgIpc) is 3.40. The minimum Gasteiger partial charge on any atom is -0.493 e. The maximum atomic E-state index is 13.0. The first-order valence-electron chi connectivity index (χ1n) is 9.65. The Bertz CT molecular complexity index is 752. The number of halogens is 1. The zero-order valence-electron chi connectivity index (χ0n) is 17.0. The van der Waals surface area contributed by atoms with E-state index in [-0.39, 0.29) is 36.6 Å². The normalized spacial score (nSPS) is 25.6. The molecule has 3 fully saturated rings. The molecule has 0 aromatic heterocycles. The van der Waals surface area contributed by atoms with E-state index in [9.17, 15) is 9.59 Å². The number of likely N-dealkylation sites (tertiary alicyclic amines) is 1. The lowest BCUT2D eigenvalue weighted by Crippen LogP contribution is -2.37. The van der Waals surface area contributed by atoms with Crippen molar-refractivity contribution in [1.29, 1.82) is 0 Å². The molecule has 3 aliphatic rings. The van der Waals surface area contributed by atoms with Crippen LogP contribution in [0.3, 0.4) is 0 Å². The highest BCUT2D eigenvalue weighted by Gasteiger charge is 2.43. The van der Waals surface area contributed by atoms with Crippen molar-refractivity contribution in [2.45, 2.75) is 6.42 Å². The fourth-order valence-corrected chi connectivity index (χ4v) is 4.64. The number of hydrogen-bond donors (Lipinski definition) is 1. The van der Waals surface area contributed by atoms with E-state index in [1.807, 2.05) is 4.90 Å². The molecule has 3 heterocycles. The number of anilines is 1. The molecule has 1 aromatic rings. The summed E-state index contributed by atoms with van der Waals surface area (Å²) in [6.45, 7) is 3.93. The van der Waals surface area contributed by atoms with E-state index in [0.29, 0.717) is 41.3 Å². The summed E-state index contributed by atoms with van der Waals surface area (Å²) < 4.78 is 16.1. The largest absolute Gasteiger partial charge is 0.493 e. The number of benzene rings is 1. The topological polar surface area (TPSA) is 80.3 Å². The summed E-state index contributed by atoms with van der Waals surface area (Å²) in [7, 11) is 4.62. The van der Waals surface area contributed by atoms with Gasteiger partial charge in [0.1, 0.15) is 0 Å².